The lowest BCUT2D eigenvalue weighted by Gasteiger charge is -2.45. The van der Waals surface area contributed by atoms with Gasteiger partial charge in [-0.15, -0.1) is 0 Å². The molecule has 3 amide bonds. The number of aromatic hydroxyl groups is 1. The molecule has 0 saturated carbocycles. The number of Topliss-reactive ketones (excluding diaryl/α,β-unsaturated/α-hetero) is 1. The normalized spacial score (nSPS) is 17.1. The Labute approximate surface area is 331 Å². The molecule has 0 aromatic heterocycles. The Kier molecular flexibility index (Phi) is 14.3. The fraction of sp³-hybridized carbons (Fsp3) is 0.436. The third-order valence-electron chi connectivity index (χ3n) is 10.0. The van der Waals surface area contributed by atoms with E-state index in [1.807, 2.05) is 17.0 Å². The molecular formula is C39H45Cl4N5O5. The number of carbonyl (C=O) groups is 3. The number of piperidine rings is 1. The number of oxime groups is 1. The highest BCUT2D eigenvalue weighted by Gasteiger charge is 2.38. The fourth-order valence-electron chi connectivity index (χ4n) is 7.28. The van der Waals surface area contributed by atoms with E-state index in [0.29, 0.717) is 57.3 Å². The molecule has 3 aromatic rings. The summed E-state index contributed by atoms with van der Waals surface area (Å²) in [7, 11) is 3.16. The molecule has 14 heteroatoms. The lowest BCUT2D eigenvalue weighted by atomic mass is 9.89. The van der Waals surface area contributed by atoms with Crippen LogP contribution in [0.5, 0.6) is 5.75 Å². The SMILES string of the molecule is CO/N=C(/CN(C)C(=O)c1cc(Cl)cc(Cl)c1)C(CCN1CCC(N2CCCN(C(Cc3ccc(O)cc3)C(C)=O)C2=O)CC1)c1ccc(Cl)c(Cl)c1. The average molecular weight is 806 g/mol. The van der Waals surface area contributed by atoms with Crippen LogP contribution >= 0.6 is 46.4 Å². The number of carbonyl (C=O) groups excluding carboxylic acids is 3. The number of urea groups is 1. The number of ketones is 1. The molecule has 0 spiro atoms. The van der Waals surface area contributed by atoms with E-state index in [1.54, 1.807) is 65.4 Å². The van der Waals surface area contributed by atoms with E-state index in [-0.39, 0.29) is 42.0 Å². The first-order chi connectivity index (χ1) is 25.3. The Balaban J connectivity index is 1.25. The van der Waals surface area contributed by atoms with E-state index < -0.39 is 6.04 Å². The van der Waals surface area contributed by atoms with E-state index >= 15 is 0 Å². The van der Waals surface area contributed by atoms with Gasteiger partial charge in [0.15, 0.2) is 5.78 Å². The number of nitrogens with zero attached hydrogens (tertiary/aromatic N) is 5. The number of likely N-dealkylation sites (tertiary alicyclic amines) is 1. The molecule has 2 aliphatic rings. The summed E-state index contributed by atoms with van der Waals surface area (Å²) in [4.78, 5) is 53.0. The van der Waals surface area contributed by atoms with Crippen LogP contribution in [0, 0.1) is 0 Å². The summed E-state index contributed by atoms with van der Waals surface area (Å²) < 4.78 is 0. The zero-order chi connectivity index (χ0) is 38.2. The van der Waals surface area contributed by atoms with E-state index in [0.717, 1.165) is 50.0 Å². The minimum Gasteiger partial charge on any atom is -0.508 e. The summed E-state index contributed by atoms with van der Waals surface area (Å²) in [6, 6.07) is 16.4. The maximum atomic E-state index is 13.9. The van der Waals surface area contributed by atoms with E-state index in [2.05, 4.69) is 10.1 Å². The van der Waals surface area contributed by atoms with Crippen molar-refractivity contribution in [2.75, 3.05) is 53.4 Å². The van der Waals surface area contributed by atoms with Crippen LogP contribution < -0.4 is 0 Å². The number of rotatable bonds is 14. The standard InChI is InChI=1S/C39H45Cl4N5O5/c1-25(49)37(19-26-5-8-32(50)9-6-26)48-15-4-14-47(39(48)52)31-11-16-46(17-12-31)18-13-33(27-7-10-34(42)35(43)22-27)36(44-53-3)24-45(2)38(51)28-20-29(40)23-30(41)21-28/h5-10,20-23,31,33,37,50H,4,11-19,24H2,1-3H3/b44-36-. The van der Waals surface area contributed by atoms with Crippen molar-refractivity contribution in [2.45, 2.75) is 57.0 Å². The minimum atomic E-state index is -0.561. The van der Waals surface area contributed by atoms with Gasteiger partial charge in [-0.3, -0.25) is 9.59 Å². The van der Waals surface area contributed by atoms with Crippen molar-refractivity contribution in [3.05, 3.63) is 97.4 Å². The number of phenolic OH excluding ortho intramolecular Hbond substituents is 1. The molecule has 1 N–H and O–H groups in total. The molecule has 3 aromatic carbocycles. The van der Waals surface area contributed by atoms with E-state index in [1.165, 1.54) is 14.0 Å². The summed E-state index contributed by atoms with van der Waals surface area (Å²) in [6.07, 6.45) is 3.46. The number of amides is 3. The molecule has 2 fully saturated rings. The molecule has 0 radical (unpaired) electrons. The Hall–Kier alpha value is -3.54. The molecule has 5 rings (SSSR count). The molecule has 0 bridgehead atoms. The summed E-state index contributed by atoms with van der Waals surface area (Å²) in [5.41, 5.74) is 2.78. The van der Waals surface area contributed by atoms with Crippen LogP contribution in [-0.4, -0.2) is 114 Å². The third-order valence-corrected chi connectivity index (χ3v) is 11.2. The van der Waals surface area contributed by atoms with Gasteiger partial charge in [-0.1, -0.05) is 69.8 Å². The first kappa shape index (κ1) is 40.6. The van der Waals surface area contributed by atoms with Gasteiger partial charge in [0.1, 0.15) is 12.9 Å². The predicted molar refractivity (Wildman–Crippen MR) is 211 cm³/mol. The Morgan fingerprint density at radius 1 is 0.943 bits per heavy atom. The lowest BCUT2D eigenvalue weighted by Crippen LogP contribution is -2.59. The fourth-order valence-corrected chi connectivity index (χ4v) is 8.11. The van der Waals surface area contributed by atoms with Crippen LogP contribution in [0.15, 0.2) is 65.8 Å². The number of benzene rings is 3. The van der Waals surface area contributed by atoms with Crippen LogP contribution in [0.4, 0.5) is 4.79 Å². The van der Waals surface area contributed by atoms with Crippen molar-refractivity contribution in [3.63, 3.8) is 0 Å². The van der Waals surface area contributed by atoms with Gasteiger partial charge in [-0.05, 0) is 92.7 Å². The second-order valence-electron chi connectivity index (χ2n) is 13.7. The quantitative estimate of drug-likeness (QED) is 0.131. The number of hydrogen-bond acceptors (Lipinski definition) is 7. The van der Waals surface area contributed by atoms with Crippen molar-refractivity contribution in [3.8, 4) is 5.75 Å². The van der Waals surface area contributed by atoms with Gasteiger partial charge in [0.25, 0.3) is 5.91 Å². The maximum Gasteiger partial charge on any atom is 0.320 e. The summed E-state index contributed by atoms with van der Waals surface area (Å²) in [5.74, 6) is -0.419. The number of halogens is 4. The van der Waals surface area contributed by atoms with Gasteiger partial charge >= 0.3 is 6.03 Å². The lowest BCUT2D eigenvalue weighted by molar-refractivity contribution is -0.121. The Morgan fingerprint density at radius 2 is 1.62 bits per heavy atom. The maximum absolute atomic E-state index is 13.9. The van der Waals surface area contributed by atoms with Gasteiger partial charge < -0.3 is 29.5 Å². The average Bonchev–Trinajstić information content (AvgIpc) is 3.12. The van der Waals surface area contributed by atoms with Crippen molar-refractivity contribution in [1.29, 1.82) is 0 Å². The first-order valence-corrected chi connectivity index (χ1v) is 19.2. The second kappa shape index (κ2) is 18.7. The van der Waals surface area contributed by atoms with Crippen molar-refractivity contribution >= 4 is 69.8 Å². The van der Waals surface area contributed by atoms with Crippen LogP contribution in [0.3, 0.4) is 0 Å². The molecular weight excluding hydrogens is 760 g/mol. The number of phenols is 1. The highest BCUT2D eigenvalue weighted by molar-refractivity contribution is 6.42. The second-order valence-corrected chi connectivity index (χ2v) is 15.4. The molecule has 2 saturated heterocycles. The number of hydrogen-bond donors (Lipinski definition) is 1. The molecule has 2 unspecified atom stereocenters. The van der Waals surface area contributed by atoms with Crippen molar-refractivity contribution in [2.24, 2.45) is 5.16 Å². The molecule has 2 aliphatic heterocycles. The third kappa shape index (κ3) is 10.6. The summed E-state index contributed by atoms with van der Waals surface area (Å²) >= 11 is 25.1. The molecule has 10 nitrogen and oxygen atoms in total. The monoisotopic (exact) mass is 803 g/mol. The summed E-state index contributed by atoms with van der Waals surface area (Å²) in [5, 5.41) is 15.7. The van der Waals surface area contributed by atoms with Gasteiger partial charge in [0, 0.05) is 67.2 Å². The zero-order valence-corrected chi connectivity index (χ0v) is 33.1. The molecule has 0 aliphatic carbocycles. The topological polar surface area (TPSA) is 106 Å². The predicted octanol–water partition coefficient (Wildman–Crippen LogP) is 8.05. The van der Waals surface area contributed by atoms with E-state index in [9.17, 15) is 19.5 Å². The van der Waals surface area contributed by atoms with E-state index in [4.69, 9.17) is 51.2 Å². The first-order valence-electron chi connectivity index (χ1n) is 17.7. The Bertz CT molecular complexity index is 1780. The van der Waals surface area contributed by atoms with Gasteiger partial charge in [-0.25, -0.2) is 4.79 Å². The highest BCUT2D eigenvalue weighted by Crippen LogP contribution is 2.31. The summed E-state index contributed by atoms with van der Waals surface area (Å²) in [6.45, 7) is 5.20. The van der Waals surface area contributed by atoms with Crippen LogP contribution in [0.1, 0.15) is 60.0 Å². The van der Waals surface area contributed by atoms with Gasteiger partial charge in [0.05, 0.1) is 28.3 Å². The smallest absolute Gasteiger partial charge is 0.320 e. The zero-order valence-electron chi connectivity index (χ0n) is 30.1. The van der Waals surface area contributed by atoms with Crippen molar-refractivity contribution < 1.29 is 24.3 Å². The largest absolute Gasteiger partial charge is 0.508 e. The van der Waals surface area contributed by atoms with Gasteiger partial charge in [0.2, 0.25) is 0 Å². The van der Waals surface area contributed by atoms with Crippen LogP contribution in [0.25, 0.3) is 0 Å². The molecule has 53 heavy (non-hydrogen) atoms. The van der Waals surface area contributed by atoms with Crippen molar-refractivity contribution in [1.82, 2.24) is 19.6 Å². The highest BCUT2D eigenvalue weighted by atomic mass is 35.5. The molecule has 284 valence electrons. The van der Waals surface area contributed by atoms with Crippen LogP contribution in [-0.2, 0) is 16.1 Å². The van der Waals surface area contributed by atoms with Crippen LogP contribution in [0.2, 0.25) is 20.1 Å². The minimum absolute atomic E-state index is 0.0552. The van der Waals surface area contributed by atoms with Gasteiger partial charge in [-0.2, -0.15) is 0 Å². The molecule has 2 heterocycles. The molecule has 2 atom stereocenters. The Morgan fingerprint density at radius 3 is 2.25 bits per heavy atom.